The summed E-state index contributed by atoms with van der Waals surface area (Å²) in [4.78, 5) is 0. The molecule has 5 atom stereocenters. The van der Waals surface area contributed by atoms with Gasteiger partial charge >= 0.3 is 0 Å². The normalized spacial score (nSPS) is 30.2. The van der Waals surface area contributed by atoms with E-state index in [0.29, 0.717) is 17.8 Å². The maximum Gasteiger partial charge on any atom is 0.0626 e. The summed E-state index contributed by atoms with van der Waals surface area (Å²) in [6, 6.07) is 9.04. The molecule has 5 rings (SSSR count). The molecule has 1 aromatic carbocycles. The third-order valence-electron chi connectivity index (χ3n) is 8.50. The first-order chi connectivity index (χ1) is 17.5. The van der Waals surface area contributed by atoms with E-state index >= 15 is 0 Å². The Balaban J connectivity index is 1.30. The van der Waals surface area contributed by atoms with Crippen LogP contribution in [0, 0.1) is 17.8 Å². The third-order valence-corrected chi connectivity index (χ3v) is 8.50. The van der Waals surface area contributed by atoms with Crippen molar-refractivity contribution in [2.75, 3.05) is 0 Å². The van der Waals surface area contributed by atoms with Gasteiger partial charge < -0.3 is 11.1 Å². The van der Waals surface area contributed by atoms with Crippen LogP contribution in [0.25, 0.3) is 5.57 Å². The molecule has 36 heavy (non-hydrogen) atoms. The van der Waals surface area contributed by atoms with Gasteiger partial charge in [0.25, 0.3) is 0 Å². The van der Waals surface area contributed by atoms with E-state index in [-0.39, 0.29) is 11.5 Å². The molecule has 5 unspecified atom stereocenters. The van der Waals surface area contributed by atoms with Crippen molar-refractivity contribution in [3.63, 3.8) is 0 Å². The molecule has 4 aliphatic rings. The molecule has 0 heterocycles. The molecule has 2 heteroatoms. The molecular weight excluding hydrogens is 436 g/mol. The first-order valence-electron chi connectivity index (χ1n) is 13.6. The summed E-state index contributed by atoms with van der Waals surface area (Å²) in [5.74, 6) is 1.29. The molecule has 0 aromatic heterocycles. The van der Waals surface area contributed by atoms with Crippen molar-refractivity contribution in [1.29, 1.82) is 0 Å². The van der Waals surface area contributed by atoms with E-state index in [1.165, 1.54) is 47.2 Å². The van der Waals surface area contributed by atoms with Gasteiger partial charge in [-0.2, -0.15) is 0 Å². The molecule has 2 nitrogen and oxygen atoms in total. The Hall–Kier alpha value is -3.26. The molecule has 4 aliphatic carbocycles. The number of nitrogens with two attached hydrogens (primary N) is 1. The van der Waals surface area contributed by atoms with Crippen molar-refractivity contribution in [3.05, 3.63) is 125 Å². The van der Waals surface area contributed by atoms with E-state index in [4.69, 9.17) is 5.73 Å². The quantitative estimate of drug-likeness (QED) is 0.327. The van der Waals surface area contributed by atoms with Crippen LogP contribution in [0.3, 0.4) is 0 Å². The second kappa shape index (κ2) is 10.4. The Morgan fingerprint density at radius 1 is 1.11 bits per heavy atom. The Kier molecular flexibility index (Phi) is 7.05. The van der Waals surface area contributed by atoms with E-state index in [1.807, 2.05) is 0 Å². The lowest BCUT2D eigenvalue weighted by Crippen LogP contribution is -2.34. The van der Waals surface area contributed by atoms with Crippen molar-refractivity contribution in [1.82, 2.24) is 5.32 Å². The van der Waals surface area contributed by atoms with Crippen molar-refractivity contribution >= 4 is 5.57 Å². The fourth-order valence-electron chi connectivity index (χ4n) is 6.11. The number of nitrogens with one attached hydrogen (secondary N) is 1. The Morgan fingerprint density at radius 2 is 1.97 bits per heavy atom. The van der Waals surface area contributed by atoms with E-state index in [2.05, 4.69) is 123 Å². The van der Waals surface area contributed by atoms with Crippen LogP contribution < -0.4 is 11.1 Å². The highest BCUT2D eigenvalue weighted by atomic mass is 14.9. The second-order valence-electron chi connectivity index (χ2n) is 11.0. The van der Waals surface area contributed by atoms with Gasteiger partial charge in [0.15, 0.2) is 0 Å². The smallest absolute Gasteiger partial charge is 0.0626 e. The molecule has 0 saturated carbocycles. The summed E-state index contributed by atoms with van der Waals surface area (Å²) >= 11 is 0. The summed E-state index contributed by atoms with van der Waals surface area (Å²) in [6.07, 6.45) is 32.0. The molecular formula is C34H40N2. The molecule has 0 amide bonds. The van der Waals surface area contributed by atoms with Gasteiger partial charge in [-0.3, -0.25) is 0 Å². The number of hydrogen-bond donors (Lipinski definition) is 2. The average Bonchev–Trinajstić information content (AvgIpc) is 2.91. The monoisotopic (exact) mass is 476 g/mol. The van der Waals surface area contributed by atoms with Crippen LogP contribution in [0.5, 0.6) is 0 Å². The van der Waals surface area contributed by atoms with Gasteiger partial charge in [0.1, 0.15) is 0 Å². The molecule has 1 aromatic rings. The van der Waals surface area contributed by atoms with Crippen molar-refractivity contribution < 1.29 is 0 Å². The average molecular weight is 477 g/mol. The van der Waals surface area contributed by atoms with Crippen LogP contribution in [-0.4, -0.2) is 6.04 Å². The summed E-state index contributed by atoms with van der Waals surface area (Å²) in [6.45, 7) is 6.74. The minimum absolute atomic E-state index is 0.0248. The first kappa shape index (κ1) is 24.4. The summed E-state index contributed by atoms with van der Waals surface area (Å²) in [7, 11) is 0. The molecule has 0 radical (unpaired) electrons. The van der Waals surface area contributed by atoms with Crippen LogP contribution in [0.15, 0.2) is 114 Å². The van der Waals surface area contributed by atoms with Gasteiger partial charge in [-0.05, 0) is 74.3 Å². The maximum atomic E-state index is 6.51. The van der Waals surface area contributed by atoms with Crippen molar-refractivity contribution in [2.45, 2.75) is 57.9 Å². The van der Waals surface area contributed by atoms with Crippen molar-refractivity contribution in [2.24, 2.45) is 23.5 Å². The van der Waals surface area contributed by atoms with Crippen molar-refractivity contribution in [3.8, 4) is 0 Å². The highest BCUT2D eigenvalue weighted by molar-refractivity contribution is 5.77. The van der Waals surface area contributed by atoms with Crippen LogP contribution in [-0.2, 0) is 5.41 Å². The Morgan fingerprint density at radius 3 is 2.81 bits per heavy atom. The summed E-state index contributed by atoms with van der Waals surface area (Å²) in [5, 5.41) is 3.70. The number of allylic oxidation sites excluding steroid dienone is 15. The number of benzene rings is 1. The highest BCUT2D eigenvalue weighted by Crippen LogP contribution is 2.48. The number of hydrogen-bond acceptors (Lipinski definition) is 2. The molecule has 186 valence electrons. The Bertz CT molecular complexity index is 1230. The predicted octanol–water partition coefficient (Wildman–Crippen LogP) is 7.67. The van der Waals surface area contributed by atoms with Crippen LogP contribution in [0.2, 0.25) is 0 Å². The fraction of sp³-hybridized carbons (Fsp3) is 0.353. The molecule has 0 saturated heterocycles. The third kappa shape index (κ3) is 4.87. The van der Waals surface area contributed by atoms with Gasteiger partial charge in [0, 0.05) is 28.6 Å². The van der Waals surface area contributed by atoms with Gasteiger partial charge in [-0.1, -0.05) is 97.5 Å². The second-order valence-corrected chi connectivity index (χ2v) is 11.0. The van der Waals surface area contributed by atoms with E-state index in [0.717, 1.165) is 12.1 Å². The topological polar surface area (TPSA) is 38.0 Å². The lowest BCUT2D eigenvalue weighted by Gasteiger charge is -2.41. The van der Waals surface area contributed by atoms with Crippen LogP contribution in [0.1, 0.15) is 57.6 Å². The maximum absolute atomic E-state index is 6.51. The zero-order chi connectivity index (χ0) is 25.1. The first-order valence-corrected chi connectivity index (χ1v) is 13.6. The molecule has 0 bridgehead atoms. The minimum Gasteiger partial charge on any atom is -0.400 e. The van der Waals surface area contributed by atoms with E-state index in [9.17, 15) is 0 Å². The zero-order valence-corrected chi connectivity index (χ0v) is 22.0. The lowest BCUT2D eigenvalue weighted by molar-refractivity contribution is 0.487. The predicted molar refractivity (Wildman–Crippen MR) is 154 cm³/mol. The molecule has 0 spiro atoms. The lowest BCUT2D eigenvalue weighted by atomic mass is 9.62. The standard InChI is InChI=1S/C34H40N2/c1-24(26-12-5-4-6-13-26)19-20-33(35)25(2)36-29-16-11-14-27(22-29)31-23-28-15-9-10-21-34(28,3)32-18-8-7-17-30(31)32/h5,7-12,14-21,23,25-28,36H,4,6,13,22,35H2,1-3H3/b24-19+,33-20+. The summed E-state index contributed by atoms with van der Waals surface area (Å²) in [5.41, 5.74) is 14.3. The minimum atomic E-state index is 0.0248. The molecule has 0 aliphatic heterocycles. The van der Waals surface area contributed by atoms with Crippen LogP contribution >= 0.6 is 0 Å². The number of rotatable bonds is 6. The van der Waals surface area contributed by atoms with Gasteiger partial charge in [-0.15, -0.1) is 0 Å². The number of fused-ring (bicyclic) bond motifs is 3. The molecule has 3 N–H and O–H groups in total. The SMILES string of the molecule is C/C(=C\C=C(\N)C(C)NC1=CC=CC(C2=CC3C=CC=CC3(C)c3ccccc32)C1)C1C=CCCC1. The Labute approximate surface area is 217 Å². The van der Waals surface area contributed by atoms with Gasteiger partial charge in [-0.25, -0.2) is 0 Å². The largest absolute Gasteiger partial charge is 0.400 e. The highest BCUT2D eigenvalue weighted by Gasteiger charge is 2.39. The molecule has 0 fully saturated rings. The van der Waals surface area contributed by atoms with Gasteiger partial charge in [0.05, 0.1) is 6.04 Å². The van der Waals surface area contributed by atoms with Gasteiger partial charge in [0.2, 0.25) is 0 Å². The van der Waals surface area contributed by atoms with E-state index in [1.54, 1.807) is 0 Å². The van der Waals surface area contributed by atoms with Crippen LogP contribution in [0.4, 0.5) is 0 Å². The zero-order valence-electron chi connectivity index (χ0n) is 22.0. The van der Waals surface area contributed by atoms with E-state index < -0.39 is 0 Å². The fourth-order valence-corrected chi connectivity index (χ4v) is 6.11. The summed E-state index contributed by atoms with van der Waals surface area (Å²) < 4.78 is 0.